The van der Waals surface area contributed by atoms with Crippen LogP contribution in [-0.2, 0) is 14.2 Å². The van der Waals surface area contributed by atoms with E-state index >= 15 is 0 Å². The minimum absolute atomic E-state index is 0.178. The molecule has 1 heterocycles. The lowest BCUT2D eigenvalue weighted by Crippen LogP contribution is -2.39. The molecule has 0 radical (unpaired) electrons. The number of hydrogen-bond donors (Lipinski definition) is 2. The molecule has 0 amide bonds. The summed E-state index contributed by atoms with van der Waals surface area (Å²) in [6, 6.07) is 6.67. The molecule has 2 rings (SSSR count). The van der Waals surface area contributed by atoms with Crippen molar-refractivity contribution in [1.82, 2.24) is 4.90 Å². The SMILES string of the molecule is CN1CC(=O)C(C(=O)OB(O)c2cccc(S)c2)C1. The van der Waals surface area contributed by atoms with Crippen molar-refractivity contribution in [2.24, 2.45) is 5.92 Å². The predicted octanol–water partition coefficient (Wildman–Crippen LogP) is -0.663. The van der Waals surface area contributed by atoms with Crippen LogP contribution in [0.25, 0.3) is 0 Å². The minimum atomic E-state index is -1.38. The van der Waals surface area contributed by atoms with E-state index in [4.69, 9.17) is 4.65 Å². The molecule has 1 atom stereocenters. The Morgan fingerprint density at radius 1 is 1.58 bits per heavy atom. The van der Waals surface area contributed by atoms with Crippen molar-refractivity contribution in [3.63, 3.8) is 0 Å². The average Bonchev–Trinajstić information content (AvgIpc) is 2.68. The number of ketones is 1. The molecule has 0 saturated carbocycles. The number of thiol groups is 1. The molecule has 1 fully saturated rings. The molecule has 19 heavy (non-hydrogen) atoms. The summed E-state index contributed by atoms with van der Waals surface area (Å²) in [5.41, 5.74) is 0.430. The van der Waals surface area contributed by atoms with Crippen LogP contribution in [0.5, 0.6) is 0 Å². The molecule has 0 aliphatic carbocycles. The Labute approximate surface area is 117 Å². The normalized spacial score (nSPS) is 19.5. The van der Waals surface area contributed by atoms with Gasteiger partial charge in [0.2, 0.25) is 0 Å². The first-order valence-corrected chi connectivity index (χ1v) is 6.31. The zero-order valence-corrected chi connectivity index (χ0v) is 11.3. The van der Waals surface area contributed by atoms with Crippen molar-refractivity contribution in [3.05, 3.63) is 24.3 Å². The molecule has 1 N–H and O–H groups in total. The van der Waals surface area contributed by atoms with Crippen molar-refractivity contribution in [2.45, 2.75) is 4.90 Å². The van der Waals surface area contributed by atoms with Gasteiger partial charge in [0.1, 0.15) is 5.92 Å². The van der Waals surface area contributed by atoms with Gasteiger partial charge in [-0.25, -0.2) is 0 Å². The average molecular weight is 279 g/mol. The monoisotopic (exact) mass is 279 g/mol. The molecule has 1 aromatic rings. The zero-order valence-electron chi connectivity index (χ0n) is 10.4. The van der Waals surface area contributed by atoms with Gasteiger partial charge in [-0.05, 0) is 24.6 Å². The Bertz CT molecular complexity index is 510. The second-order valence-electron chi connectivity index (χ2n) is 4.60. The standard InChI is InChI=1S/C12H14BNO4S/c1-14-6-10(11(15)7-14)12(16)18-13(17)8-3-2-4-9(19)5-8/h2-5,10,17,19H,6-7H2,1H3. The van der Waals surface area contributed by atoms with E-state index in [0.717, 1.165) is 0 Å². The van der Waals surface area contributed by atoms with E-state index < -0.39 is 19.0 Å². The van der Waals surface area contributed by atoms with Gasteiger partial charge in [0.15, 0.2) is 5.78 Å². The lowest BCUT2D eigenvalue weighted by Gasteiger charge is -2.12. The summed E-state index contributed by atoms with van der Waals surface area (Å²) in [5, 5.41) is 9.83. The van der Waals surface area contributed by atoms with Gasteiger partial charge in [-0.3, -0.25) is 14.5 Å². The van der Waals surface area contributed by atoms with Crippen LogP contribution in [-0.4, -0.2) is 48.9 Å². The Hall–Kier alpha value is -1.31. The highest BCUT2D eigenvalue weighted by Gasteiger charge is 2.37. The maximum absolute atomic E-state index is 11.8. The van der Waals surface area contributed by atoms with E-state index in [1.165, 1.54) is 0 Å². The van der Waals surface area contributed by atoms with Crippen LogP contribution in [0, 0.1) is 5.92 Å². The van der Waals surface area contributed by atoms with Gasteiger partial charge in [0.25, 0.3) is 0 Å². The molecule has 1 saturated heterocycles. The summed E-state index contributed by atoms with van der Waals surface area (Å²) < 4.78 is 4.93. The molecule has 0 bridgehead atoms. The fourth-order valence-corrected chi connectivity index (χ4v) is 2.23. The zero-order chi connectivity index (χ0) is 14.0. The van der Waals surface area contributed by atoms with Crippen LogP contribution in [0.3, 0.4) is 0 Å². The molecule has 0 spiro atoms. The molecule has 0 aromatic heterocycles. The topological polar surface area (TPSA) is 66.8 Å². The molecule has 1 unspecified atom stereocenters. The largest absolute Gasteiger partial charge is 0.561 e. The minimum Gasteiger partial charge on any atom is -0.505 e. The summed E-state index contributed by atoms with van der Waals surface area (Å²) in [4.78, 5) is 25.8. The Balaban J connectivity index is 2.01. The molecular formula is C12H14BNO4S. The van der Waals surface area contributed by atoms with Crippen molar-refractivity contribution >= 4 is 37.0 Å². The first-order valence-electron chi connectivity index (χ1n) is 5.86. The van der Waals surface area contributed by atoms with Gasteiger partial charge in [0.05, 0.1) is 6.54 Å². The molecule has 7 heteroatoms. The van der Waals surface area contributed by atoms with E-state index in [1.807, 2.05) is 0 Å². The number of benzene rings is 1. The number of hydrogen-bond acceptors (Lipinski definition) is 6. The van der Waals surface area contributed by atoms with Crippen LogP contribution >= 0.6 is 12.6 Å². The lowest BCUT2D eigenvalue weighted by atomic mass is 9.79. The van der Waals surface area contributed by atoms with E-state index in [2.05, 4.69) is 12.6 Å². The molecule has 1 aliphatic heterocycles. The van der Waals surface area contributed by atoms with E-state index in [-0.39, 0.29) is 12.3 Å². The first-order chi connectivity index (χ1) is 8.97. The summed E-state index contributed by atoms with van der Waals surface area (Å²) in [6.45, 7) is 0.568. The molecule has 5 nitrogen and oxygen atoms in total. The van der Waals surface area contributed by atoms with Gasteiger partial charge >= 0.3 is 13.1 Å². The number of carbonyl (C=O) groups is 2. The fourth-order valence-electron chi connectivity index (χ4n) is 2.00. The molecule has 100 valence electrons. The van der Waals surface area contributed by atoms with E-state index in [9.17, 15) is 14.6 Å². The highest BCUT2D eigenvalue weighted by atomic mass is 32.1. The number of carbonyl (C=O) groups excluding carboxylic acids is 2. The van der Waals surface area contributed by atoms with Gasteiger partial charge < -0.3 is 9.68 Å². The molecule has 1 aliphatic rings. The number of rotatable bonds is 3. The quantitative estimate of drug-likeness (QED) is 0.437. The Morgan fingerprint density at radius 3 is 2.89 bits per heavy atom. The van der Waals surface area contributed by atoms with Crippen LogP contribution in [0.15, 0.2) is 29.2 Å². The van der Waals surface area contributed by atoms with Crippen LogP contribution in [0.4, 0.5) is 0 Å². The maximum atomic E-state index is 11.8. The second kappa shape index (κ2) is 5.77. The van der Waals surface area contributed by atoms with Gasteiger partial charge in [-0.1, -0.05) is 12.1 Å². The van der Waals surface area contributed by atoms with E-state index in [1.54, 1.807) is 36.2 Å². The van der Waals surface area contributed by atoms with Crippen molar-refractivity contribution < 1.29 is 19.3 Å². The highest BCUT2D eigenvalue weighted by Crippen LogP contribution is 2.13. The summed E-state index contributed by atoms with van der Waals surface area (Å²) in [5.74, 6) is -1.67. The van der Waals surface area contributed by atoms with Gasteiger partial charge in [0, 0.05) is 11.4 Å². The smallest absolute Gasteiger partial charge is 0.505 e. The fraction of sp³-hybridized carbons (Fsp3) is 0.333. The van der Waals surface area contributed by atoms with Crippen molar-refractivity contribution in [2.75, 3.05) is 20.1 Å². The van der Waals surface area contributed by atoms with Crippen molar-refractivity contribution in [1.29, 1.82) is 0 Å². The maximum Gasteiger partial charge on any atom is 0.561 e. The second-order valence-corrected chi connectivity index (χ2v) is 5.12. The summed E-state index contributed by atoms with van der Waals surface area (Å²) in [7, 11) is 0.379. The number of likely N-dealkylation sites (tertiary alicyclic amines) is 1. The Morgan fingerprint density at radius 2 is 2.32 bits per heavy atom. The van der Waals surface area contributed by atoms with E-state index in [0.29, 0.717) is 16.9 Å². The third-order valence-electron chi connectivity index (χ3n) is 2.98. The van der Waals surface area contributed by atoms with Crippen LogP contribution in [0.1, 0.15) is 0 Å². The van der Waals surface area contributed by atoms with Crippen LogP contribution < -0.4 is 5.46 Å². The predicted molar refractivity (Wildman–Crippen MR) is 73.4 cm³/mol. The van der Waals surface area contributed by atoms with Crippen LogP contribution in [0.2, 0.25) is 0 Å². The van der Waals surface area contributed by atoms with Gasteiger partial charge in [-0.2, -0.15) is 0 Å². The third kappa shape index (κ3) is 3.37. The van der Waals surface area contributed by atoms with Gasteiger partial charge in [-0.15, -0.1) is 12.6 Å². The third-order valence-corrected chi connectivity index (χ3v) is 3.25. The summed E-state index contributed by atoms with van der Waals surface area (Å²) in [6.07, 6.45) is 0. The Kier molecular flexibility index (Phi) is 4.29. The molecule has 1 aromatic carbocycles. The van der Waals surface area contributed by atoms with Crippen molar-refractivity contribution in [3.8, 4) is 0 Å². The number of nitrogens with zero attached hydrogens (tertiary/aromatic N) is 1. The first kappa shape index (κ1) is 14.1. The number of Topliss-reactive ketones (excluding diaryl/α,β-unsaturated/α-hetero) is 1. The lowest BCUT2D eigenvalue weighted by molar-refractivity contribution is -0.142. The molecular weight excluding hydrogens is 265 g/mol. The number of likely N-dealkylation sites (N-methyl/N-ethyl adjacent to an activating group) is 1. The highest BCUT2D eigenvalue weighted by molar-refractivity contribution is 7.80. The summed E-state index contributed by atoms with van der Waals surface area (Å²) >= 11 is 4.14.